The molecule has 0 bridgehead atoms. The van der Waals surface area contributed by atoms with Crippen LogP contribution in [0.4, 0.5) is 0 Å². The van der Waals surface area contributed by atoms with E-state index in [-0.39, 0.29) is 5.41 Å². The van der Waals surface area contributed by atoms with Gasteiger partial charge < -0.3 is 4.52 Å². The van der Waals surface area contributed by atoms with Gasteiger partial charge in [-0.1, -0.05) is 84.0 Å². The van der Waals surface area contributed by atoms with Crippen LogP contribution in [0.1, 0.15) is 78.5 Å². The molecule has 3 rings (SSSR count). The van der Waals surface area contributed by atoms with Crippen LogP contribution < -0.4 is 0 Å². The topological polar surface area (TPSA) is 26.0 Å². The van der Waals surface area contributed by atoms with Crippen LogP contribution in [0.5, 0.6) is 0 Å². The van der Waals surface area contributed by atoms with Crippen LogP contribution in [0.25, 0.3) is 11.3 Å². The van der Waals surface area contributed by atoms with Crippen LogP contribution in [0.15, 0.2) is 34.9 Å². The average Bonchev–Trinajstić information content (AvgIpc) is 3.29. The lowest BCUT2D eigenvalue weighted by Crippen LogP contribution is -2.13. The zero-order chi connectivity index (χ0) is 16.8. The summed E-state index contributed by atoms with van der Waals surface area (Å²) < 4.78 is 5.65. The van der Waals surface area contributed by atoms with Gasteiger partial charge in [-0.3, -0.25) is 0 Å². The summed E-state index contributed by atoms with van der Waals surface area (Å²) >= 11 is 0. The van der Waals surface area contributed by atoms with E-state index in [1.54, 1.807) is 0 Å². The molecular weight excluding hydrogens is 270 g/mol. The van der Waals surface area contributed by atoms with Gasteiger partial charge in [-0.2, -0.15) is 0 Å². The Balaban J connectivity index is 0.000000561. The van der Waals surface area contributed by atoms with E-state index in [0.717, 1.165) is 17.0 Å². The molecule has 2 heteroatoms. The first-order valence-electron chi connectivity index (χ1n) is 8.63. The van der Waals surface area contributed by atoms with Crippen molar-refractivity contribution in [2.24, 2.45) is 0 Å². The van der Waals surface area contributed by atoms with E-state index < -0.39 is 0 Å². The van der Waals surface area contributed by atoms with E-state index in [1.807, 2.05) is 45.9 Å². The highest BCUT2D eigenvalue weighted by Crippen LogP contribution is 2.47. The lowest BCUT2D eigenvalue weighted by Gasteiger charge is -2.19. The number of hydrogen-bond acceptors (Lipinski definition) is 2. The Kier molecular flexibility index (Phi) is 6.86. The highest BCUT2D eigenvalue weighted by molar-refractivity contribution is 5.65. The predicted octanol–water partition coefficient (Wildman–Crippen LogP) is 6.57. The molecule has 1 aliphatic rings. The number of nitrogens with zero attached hydrogens (tertiary/aromatic N) is 1. The van der Waals surface area contributed by atoms with E-state index in [2.05, 4.69) is 38.1 Å². The molecular formula is C20H31NO. The Morgan fingerprint density at radius 3 is 1.95 bits per heavy atom. The fraction of sp³-hybridized carbons (Fsp3) is 0.550. The molecule has 0 unspecified atom stereocenters. The van der Waals surface area contributed by atoms with Crippen molar-refractivity contribution in [3.05, 3.63) is 41.7 Å². The molecule has 0 radical (unpaired) electrons. The summed E-state index contributed by atoms with van der Waals surface area (Å²) in [4.78, 5) is 0. The Bertz CT molecular complexity index is 545. The summed E-state index contributed by atoms with van der Waals surface area (Å²) in [6, 6.07) is 10.3. The molecule has 1 heterocycles. The zero-order valence-electron chi connectivity index (χ0n) is 15.2. The van der Waals surface area contributed by atoms with Crippen molar-refractivity contribution in [2.75, 3.05) is 0 Å². The molecule has 1 fully saturated rings. The van der Waals surface area contributed by atoms with Gasteiger partial charge in [-0.25, -0.2) is 0 Å². The third-order valence-electron chi connectivity index (χ3n) is 3.46. The Morgan fingerprint density at radius 2 is 1.50 bits per heavy atom. The van der Waals surface area contributed by atoms with Gasteiger partial charge in [0, 0.05) is 17.0 Å². The maximum absolute atomic E-state index is 5.65. The summed E-state index contributed by atoms with van der Waals surface area (Å²) in [7, 11) is 0. The number of rotatable bonds is 2. The van der Waals surface area contributed by atoms with Crippen molar-refractivity contribution in [1.82, 2.24) is 5.16 Å². The lowest BCUT2D eigenvalue weighted by atomic mass is 9.83. The number of hydrogen-bond donors (Lipinski definition) is 0. The van der Waals surface area contributed by atoms with Crippen LogP contribution in [0.3, 0.4) is 0 Å². The summed E-state index contributed by atoms with van der Waals surface area (Å²) in [5.41, 5.74) is 3.53. The molecule has 0 N–H and O–H groups in total. The van der Waals surface area contributed by atoms with Crippen molar-refractivity contribution in [3.8, 4) is 11.3 Å². The molecule has 122 valence electrons. The van der Waals surface area contributed by atoms with Crippen LogP contribution in [0.2, 0.25) is 0 Å². The standard InChI is InChI=1S/C16H19NO.2C2H6/c1-16(2,3)13-14(11-7-5-4-6-8-11)17-18-15(13)12-9-10-12;2*1-2/h4-8,12H,9-10H2,1-3H3;2*1-2H3. The molecule has 1 aliphatic carbocycles. The smallest absolute Gasteiger partial charge is 0.144 e. The summed E-state index contributed by atoms with van der Waals surface area (Å²) in [6.07, 6.45) is 2.49. The van der Waals surface area contributed by atoms with Crippen molar-refractivity contribution in [1.29, 1.82) is 0 Å². The van der Waals surface area contributed by atoms with Gasteiger partial charge in [-0.05, 0) is 18.3 Å². The van der Waals surface area contributed by atoms with Gasteiger partial charge in [0.05, 0.1) is 0 Å². The van der Waals surface area contributed by atoms with Gasteiger partial charge in [0.15, 0.2) is 0 Å². The molecule has 0 spiro atoms. The van der Waals surface area contributed by atoms with Gasteiger partial charge in [0.2, 0.25) is 0 Å². The Labute approximate surface area is 135 Å². The Morgan fingerprint density at radius 1 is 0.955 bits per heavy atom. The molecule has 0 amide bonds. The van der Waals surface area contributed by atoms with Crippen LogP contribution in [-0.2, 0) is 5.41 Å². The van der Waals surface area contributed by atoms with Crippen molar-refractivity contribution >= 4 is 0 Å². The van der Waals surface area contributed by atoms with Crippen LogP contribution in [-0.4, -0.2) is 5.16 Å². The molecule has 0 saturated heterocycles. The van der Waals surface area contributed by atoms with E-state index in [0.29, 0.717) is 5.92 Å². The minimum absolute atomic E-state index is 0.0725. The van der Waals surface area contributed by atoms with E-state index in [4.69, 9.17) is 4.52 Å². The zero-order valence-corrected chi connectivity index (χ0v) is 15.2. The molecule has 0 atom stereocenters. The van der Waals surface area contributed by atoms with Crippen molar-refractivity contribution < 1.29 is 4.52 Å². The molecule has 2 aromatic rings. The van der Waals surface area contributed by atoms with Crippen molar-refractivity contribution in [3.63, 3.8) is 0 Å². The molecule has 0 aliphatic heterocycles. The fourth-order valence-electron chi connectivity index (χ4n) is 2.44. The molecule has 1 aromatic carbocycles. The number of aromatic nitrogens is 1. The van der Waals surface area contributed by atoms with E-state index >= 15 is 0 Å². The fourth-order valence-corrected chi connectivity index (χ4v) is 2.44. The van der Waals surface area contributed by atoms with Gasteiger partial charge in [0.1, 0.15) is 11.5 Å². The first-order valence-corrected chi connectivity index (χ1v) is 8.63. The predicted molar refractivity (Wildman–Crippen MR) is 95.3 cm³/mol. The summed E-state index contributed by atoms with van der Waals surface area (Å²) in [5, 5.41) is 4.34. The lowest BCUT2D eigenvalue weighted by molar-refractivity contribution is 0.380. The molecule has 22 heavy (non-hydrogen) atoms. The third-order valence-corrected chi connectivity index (χ3v) is 3.46. The first-order chi connectivity index (χ1) is 10.6. The van der Waals surface area contributed by atoms with Gasteiger partial charge in [0.25, 0.3) is 0 Å². The summed E-state index contributed by atoms with van der Waals surface area (Å²) in [5.74, 6) is 1.71. The maximum atomic E-state index is 5.65. The van der Waals surface area contributed by atoms with Gasteiger partial charge in [-0.15, -0.1) is 0 Å². The van der Waals surface area contributed by atoms with E-state index in [1.165, 1.54) is 18.4 Å². The molecule has 1 saturated carbocycles. The van der Waals surface area contributed by atoms with Crippen LogP contribution in [0, 0.1) is 0 Å². The second kappa shape index (κ2) is 8.17. The number of benzene rings is 1. The Hall–Kier alpha value is -1.57. The second-order valence-corrected chi connectivity index (χ2v) is 6.16. The van der Waals surface area contributed by atoms with Crippen LogP contribution >= 0.6 is 0 Å². The monoisotopic (exact) mass is 301 g/mol. The summed E-state index contributed by atoms with van der Waals surface area (Å²) in [6.45, 7) is 14.7. The van der Waals surface area contributed by atoms with Gasteiger partial charge >= 0.3 is 0 Å². The minimum atomic E-state index is 0.0725. The first kappa shape index (κ1) is 18.5. The minimum Gasteiger partial charge on any atom is -0.360 e. The SMILES string of the molecule is CC.CC.CC(C)(C)c1c(-c2ccccc2)noc1C1CC1. The average molecular weight is 301 g/mol. The molecule has 1 aromatic heterocycles. The maximum Gasteiger partial charge on any atom is 0.144 e. The normalized spacial score (nSPS) is 13.6. The second-order valence-electron chi connectivity index (χ2n) is 6.16. The largest absolute Gasteiger partial charge is 0.360 e. The van der Waals surface area contributed by atoms with Crippen molar-refractivity contribution in [2.45, 2.75) is 72.6 Å². The third kappa shape index (κ3) is 4.22. The highest BCUT2D eigenvalue weighted by atomic mass is 16.5. The highest BCUT2D eigenvalue weighted by Gasteiger charge is 2.36. The molecule has 2 nitrogen and oxygen atoms in total. The van der Waals surface area contributed by atoms with E-state index in [9.17, 15) is 0 Å². The quantitative estimate of drug-likeness (QED) is 0.627.